The highest BCUT2D eigenvalue weighted by atomic mass is 16.6. The summed E-state index contributed by atoms with van der Waals surface area (Å²) >= 11 is 0. The van der Waals surface area contributed by atoms with Crippen LogP contribution in [-0.2, 0) is 5.41 Å². The Kier molecular flexibility index (Phi) is 3.83. The molecule has 29 heavy (non-hydrogen) atoms. The smallest absolute Gasteiger partial charge is 0.322 e. The molecule has 0 radical (unpaired) electrons. The van der Waals surface area contributed by atoms with E-state index >= 15 is 0 Å². The third-order valence-electron chi connectivity index (χ3n) is 5.28. The summed E-state index contributed by atoms with van der Waals surface area (Å²) in [5.41, 5.74) is 2.07. The lowest BCUT2D eigenvalue weighted by atomic mass is 9.97. The number of nitrogens with zero attached hydrogens (tertiary/aromatic N) is 4. The maximum absolute atomic E-state index is 11.3. The van der Waals surface area contributed by atoms with Crippen molar-refractivity contribution in [3.8, 4) is 17.5 Å². The number of hydrogen-bond acceptors (Lipinski definition) is 8. The molecule has 3 aromatic rings. The van der Waals surface area contributed by atoms with Gasteiger partial charge in [0, 0.05) is 22.7 Å². The van der Waals surface area contributed by atoms with Crippen molar-refractivity contribution < 1.29 is 14.4 Å². The number of fused-ring (bicyclic) bond motifs is 2. The first-order valence-corrected chi connectivity index (χ1v) is 9.19. The summed E-state index contributed by atoms with van der Waals surface area (Å²) < 4.78 is 11.7. The first-order chi connectivity index (χ1) is 14.1. The lowest BCUT2D eigenvalue weighted by Gasteiger charge is -2.12. The number of hydrogen-bond donors (Lipinski definition) is 1. The van der Waals surface area contributed by atoms with E-state index in [1.54, 1.807) is 13.0 Å². The molecule has 1 N–H and O–H groups in total. The number of nitro groups is 1. The fraction of sp³-hybridized carbons (Fsp3) is 0.250. The Hall–Kier alpha value is -3.75. The van der Waals surface area contributed by atoms with E-state index in [-0.39, 0.29) is 22.9 Å². The molecule has 1 spiro atoms. The maximum Gasteiger partial charge on any atom is 0.322 e. The summed E-state index contributed by atoms with van der Waals surface area (Å²) in [6.07, 6.45) is 6.69. The van der Waals surface area contributed by atoms with Crippen molar-refractivity contribution in [3.63, 3.8) is 0 Å². The molecule has 0 bridgehead atoms. The average molecular weight is 391 g/mol. The van der Waals surface area contributed by atoms with Crippen LogP contribution in [-0.4, -0.2) is 26.5 Å². The summed E-state index contributed by atoms with van der Waals surface area (Å²) in [5, 5.41) is 14.2. The minimum atomic E-state index is -0.464. The van der Waals surface area contributed by atoms with E-state index in [9.17, 15) is 10.1 Å². The third-order valence-corrected chi connectivity index (χ3v) is 5.28. The molecular formula is C20H17N5O4. The van der Waals surface area contributed by atoms with Gasteiger partial charge in [-0.2, -0.15) is 0 Å². The zero-order valence-corrected chi connectivity index (χ0v) is 15.6. The molecular weight excluding hydrogens is 374 g/mol. The molecule has 5 rings (SSSR count). The number of benzene rings is 1. The van der Waals surface area contributed by atoms with Crippen LogP contribution in [0.4, 0.5) is 17.2 Å². The van der Waals surface area contributed by atoms with Gasteiger partial charge in [0.2, 0.25) is 5.82 Å². The Morgan fingerprint density at radius 1 is 1.21 bits per heavy atom. The minimum Gasteiger partial charge on any atom is -0.492 e. The summed E-state index contributed by atoms with van der Waals surface area (Å²) in [6.45, 7) is 2.35. The molecule has 9 nitrogen and oxygen atoms in total. The van der Waals surface area contributed by atoms with Gasteiger partial charge in [0.15, 0.2) is 0 Å². The summed E-state index contributed by atoms with van der Waals surface area (Å²) in [4.78, 5) is 23.3. The number of pyridine rings is 1. The van der Waals surface area contributed by atoms with Crippen LogP contribution in [0.25, 0.3) is 0 Å². The van der Waals surface area contributed by atoms with Gasteiger partial charge in [-0.05, 0) is 38.0 Å². The highest BCUT2D eigenvalue weighted by molar-refractivity contribution is 5.66. The number of nitrogens with one attached hydrogen (secondary N) is 1. The predicted molar refractivity (Wildman–Crippen MR) is 104 cm³/mol. The molecule has 2 aromatic heterocycles. The predicted octanol–water partition coefficient (Wildman–Crippen LogP) is 4.05. The Morgan fingerprint density at radius 3 is 2.72 bits per heavy atom. The van der Waals surface area contributed by atoms with Crippen LogP contribution in [0.3, 0.4) is 0 Å². The summed E-state index contributed by atoms with van der Waals surface area (Å²) in [6, 6.07) is 7.51. The van der Waals surface area contributed by atoms with E-state index in [0.29, 0.717) is 23.6 Å². The van der Waals surface area contributed by atoms with Gasteiger partial charge in [-0.1, -0.05) is 6.07 Å². The lowest BCUT2D eigenvalue weighted by molar-refractivity contribution is -0.384. The molecule has 2 aliphatic rings. The number of ether oxygens (including phenoxy) is 2. The highest BCUT2D eigenvalue weighted by Gasteiger charge is 2.52. The molecule has 0 amide bonds. The monoisotopic (exact) mass is 391 g/mol. The largest absolute Gasteiger partial charge is 0.492 e. The second-order valence-electron chi connectivity index (χ2n) is 7.26. The molecule has 9 heteroatoms. The number of aryl methyl sites for hydroxylation is 1. The van der Waals surface area contributed by atoms with Crippen LogP contribution in [0.1, 0.15) is 24.0 Å². The van der Waals surface area contributed by atoms with E-state index in [2.05, 4.69) is 20.3 Å². The topological polar surface area (TPSA) is 112 Å². The van der Waals surface area contributed by atoms with Crippen LogP contribution in [0.2, 0.25) is 0 Å². The van der Waals surface area contributed by atoms with Gasteiger partial charge in [-0.3, -0.25) is 10.1 Å². The normalized spacial score (nSPS) is 15.5. The SMILES string of the molecule is Cc1ccnc(Nc2cnc(Oc3cccc4c3C3(CC3)CO4)nc2)c1[N+](=O)[O-]. The Morgan fingerprint density at radius 2 is 2.00 bits per heavy atom. The lowest BCUT2D eigenvalue weighted by Crippen LogP contribution is -2.08. The zero-order chi connectivity index (χ0) is 20.0. The molecule has 0 atom stereocenters. The molecule has 0 saturated heterocycles. The van der Waals surface area contributed by atoms with Crippen molar-refractivity contribution in [2.24, 2.45) is 0 Å². The van der Waals surface area contributed by atoms with Crippen LogP contribution in [0, 0.1) is 17.0 Å². The second-order valence-corrected chi connectivity index (χ2v) is 7.26. The Balaban J connectivity index is 1.37. The minimum absolute atomic E-state index is 0.0726. The van der Waals surface area contributed by atoms with Gasteiger partial charge in [0.1, 0.15) is 11.5 Å². The Bertz CT molecular complexity index is 1110. The maximum atomic E-state index is 11.3. The fourth-order valence-corrected chi connectivity index (χ4v) is 3.61. The first-order valence-electron chi connectivity index (χ1n) is 9.19. The molecule has 1 aliphatic heterocycles. The van der Waals surface area contributed by atoms with Crippen molar-refractivity contribution in [2.45, 2.75) is 25.2 Å². The molecule has 1 aromatic carbocycles. The van der Waals surface area contributed by atoms with E-state index in [0.717, 1.165) is 24.2 Å². The van der Waals surface area contributed by atoms with Crippen LogP contribution < -0.4 is 14.8 Å². The molecule has 1 aliphatic carbocycles. The third kappa shape index (κ3) is 3.00. The summed E-state index contributed by atoms with van der Waals surface area (Å²) in [7, 11) is 0. The van der Waals surface area contributed by atoms with Crippen LogP contribution in [0.15, 0.2) is 42.9 Å². The van der Waals surface area contributed by atoms with Crippen LogP contribution >= 0.6 is 0 Å². The first kappa shape index (κ1) is 17.4. The van der Waals surface area contributed by atoms with Gasteiger partial charge in [-0.15, -0.1) is 0 Å². The fourth-order valence-electron chi connectivity index (χ4n) is 3.61. The van der Waals surface area contributed by atoms with Crippen molar-refractivity contribution in [3.05, 3.63) is 64.1 Å². The van der Waals surface area contributed by atoms with E-state index in [1.165, 1.54) is 18.6 Å². The average Bonchev–Trinajstić information content (AvgIpc) is 3.38. The zero-order valence-electron chi connectivity index (χ0n) is 15.6. The second kappa shape index (κ2) is 6.40. The van der Waals surface area contributed by atoms with Gasteiger partial charge in [0.25, 0.3) is 0 Å². The number of anilines is 2. The molecule has 3 heterocycles. The van der Waals surface area contributed by atoms with Gasteiger partial charge >= 0.3 is 11.7 Å². The van der Waals surface area contributed by atoms with Crippen molar-refractivity contribution in [1.82, 2.24) is 15.0 Å². The van der Waals surface area contributed by atoms with E-state index < -0.39 is 4.92 Å². The van der Waals surface area contributed by atoms with Crippen molar-refractivity contribution in [1.29, 1.82) is 0 Å². The highest BCUT2D eigenvalue weighted by Crippen LogP contribution is 2.58. The van der Waals surface area contributed by atoms with Crippen LogP contribution in [0.5, 0.6) is 17.5 Å². The van der Waals surface area contributed by atoms with Crippen molar-refractivity contribution in [2.75, 3.05) is 11.9 Å². The van der Waals surface area contributed by atoms with Gasteiger partial charge in [0.05, 0.1) is 29.6 Å². The molecule has 1 saturated carbocycles. The number of aromatic nitrogens is 3. The van der Waals surface area contributed by atoms with E-state index in [1.807, 2.05) is 18.2 Å². The van der Waals surface area contributed by atoms with Crippen molar-refractivity contribution >= 4 is 17.2 Å². The Labute approximate surface area is 165 Å². The van der Waals surface area contributed by atoms with Gasteiger partial charge in [-0.25, -0.2) is 15.0 Å². The quantitative estimate of drug-likeness (QED) is 0.512. The van der Waals surface area contributed by atoms with E-state index in [4.69, 9.17) is 9.47 Å². The number of rotatable bonds is 5. The van der Waals surface area contributed by atoms with Gasteiger partial charge < -0.3 is 14.8 Å². The molecule has 0 unspecified atom stereocenters. The standard InChI is InChI=1S/C20H17N5O4/c1-12-5-8-21-18(17(12)25(26)27)24-13-9-22-19(23-10-13)29-15-4-2-3-14-16(15)20(6-7-20)11-28-14/h2-5,8-10H,6-7,11H2,1H3,(H,21,24). The summed E-state index contributed by atoms with van der Waals surface area (Å²) in [5.74, 6) is 1.70. The molecule has 1 fully saturated rings. The molecule has 146 valence electrons.